The Bertz CT molecular complexity index is 360. The Morgan fingerprint density at radius 1 is 0.471 bits per heavy atom. The van der Waals surface area contributed by atoms with Crippen molar-refractivity contribution in [3.05, 3.63) is 0 Å². The quantitative estimate of drug-likeness (QED) is 0.0861. The average molecular weight is 515 g/mol. The summed E-state index contributed by atoms with van der Waals surface area (Å²) in [7, 11) is -4.67. The van der Waals surface area contributed by atoms with Crippen molar-refractivity contribution in [2.75, 3.05) is 19.7 Å². The van der Waals surface area contributed by atoms with E-state index < -0.39 is 10.4 Å². The molecule has 0 unspecified atom stereocenters. The molecule has 0 spiro atoms. The number of nitrogens with two attached hydrogens (primary N) is 2. The Morgan fingerprint density at radius 2 is 0.618 bits per heavy atom. The minimum Gasteiger partial charge on any atom is -0.397 e. The molecule has 0 saturated carbocycles. The largest absolute Gasteiger partial charge is 0.397 e. The van der Waals surface area contributed by atoms with Gasteiger partial charge in [-0.25, -0.2) is 0 Å². The fraction of sp³-hybridized carbons (Fsp3) is 1.00. The first-order valence-electron chi connectivity index (χ1n) is 14.0. The van der Waals surface area contributed by atoms with Crippen molar-refractivity contribution in [1.29, 1.82) is 0 Å². The monoisotopic (exact) mass is 514 g/mol. The van der Waals surface area contributed by atoms with Crippen LogP contribution in [-0.2, 0) is 10.4 Å². The lowest BCUT2D eigenvalue weighted by Crippen LogP contribution is -1.97. The van der Waals surface area contributed by atoms with Crippen LogP contribution in [0.1, 0.15) is 149 Å². The van der Waals surface area contributed by atoms with Gasteiger partial charge in [0.05, 0.1) is 0 Å². The number of aliphatic hydroxyl groups is 1. The first kappa shape index (κ1) is 40.9. The normalized spacial score (nSPS) is 10.4. The van der Waals surface area contributed by atoms with Gasteiger partial charge in [-0.05, 0) is 32.9 Å². The fourth-order valence-electron chi connectivity index (χ4n) is 3.26. The molecule has 0 heterocycles. The van der Waals surface area contributed by atoms with Gasteiger partial charge in [0.15, 0.2) is 0 Å². The minimum atomic E-state index is -4.67. The van der Waals surface area contributed by atoms with Crippen molar-refractivity contribution >= 4 is 10.4 Å². The second-order valence-corrected chi connectivity index (χ2v) is 9.60. The highest BCUT2D eigenvalue weighted by Crippen LogP contribution is 2.10. The van der Waals surface area contributed by atoms with Crippen LogP contribution in [0.4, 0.5) is 0 Å². The molecule has 7 nitrogen and oxygen atoms in total. The van der Waals surface area contributed by atoms with Crippen LogP contribution in [0, 0.1) is 0 Å². The second kappa shape index (κ2) is 39.9. The van der Waals surface area contributed by atoms with Gasteiger partial charge in [0.1, 0.15) is 0 Å². The molecule has 0 aliphatic rings. The molecule has 0 aromatic rings. The molecule has 8 heteroatoms. The first-order valence-corrected chi connectivity index (χ1v) is 15.3. The third-order valence-electron chi connectivity index (χ3n) is 5.12. The van der Waals surface area contributed by atoms with Crippen molar-refractivity contribution in [2.24, 2.45) is 11.5 Å². The zero-order valence-electron chi connectivity index (χ0n) is 23.0. The highest BCUT2D eigenvalue weighted by Gasteiger charge is 1.92. The number of aliphatic hydroxyl groups excluding tert-OH is 1. The van der Waals surface area contributed by atoms with Crippen molar-refractivity contribution in [3.63, 3.8) is 0 Å². The van der Waals surface area contributed by atoms with E-state index in [0.717, 1.165) is 13.1 Å². The summed E-state index contributed by atoms with van der Waals surface area (Å²) >= 11 is 0. The predicted octanol–water partition coefficient (Wildman–Crippen LogP) is 7.08. The fourth-order valence-corrected chi connectivity index (χ4v) is 3.26. The molecule has 0 aromatic carbocycles. The van der Waals surface area contributed by atoms with E-state index in [2.05, 4.69) is 13.8 Å². The van der Waals surface area contributed by atoms with E-state index in [4.69, 9.17) is 34.1 Å². The highest BCUT2D eigenvalue weighted by atomic mass is 32.3. The van der Waals surface area contributed by atoms with Crippen LogP contribution in [0.2, 0.25) is 0 Å². The SMILES string of the molecule is CCCCCCCCCCCCN.CCCCCCCCCCCCN.CCO.O=S(=O)(O)O. The van der Waals surface area contributed by atoms with E-state index in [1.165, 1.54) is 128 Å². The van der Waals surface area contributed by atoms with Gasteiger partial charge in [-0.15, -0.1) is 0 Å². The molecule has 0 rings (SSSR count). The lowest BCUT2D eigenvalue weighted by Gasteiger charge is -2.00. The molecule has 0 saturated heterocycles. The topological polar surface area (TPSA) is 147 Å². The zero-order chi connectivity index (χ0) is 26.8. The van der Waals surface area contributed by atoms with Crippen molar-refractivity contribution in [2.45, 2.75) is 149 Å². The molecule has 0 aliphatic heterocycles. The number of hydrogen-bond acceptors (Lipinski definition) is 5. The molecule has 0 fully saturated rings. The molecule has 0 amide bonds. The number of unbranched alkanes of at least 4 members (excludes halogenated alkanes) is 18. The summed E-state index contributed by atoms with van der Waals surface area (Å²) in [5.41, 5.74) is 10.8. The Balaban J connectivity index is -0.000000202. The summed E-state index contributed by atoms with van der Waals surface area (Å²) in [5.74, 6) is 0. The van der Waals surface area contributed by atoms with Gasteiger partial charge in [-0.3, -0.25) is 9.11 Å². The number of hydrogen-bond donors (Lipinski definition) is 5. The second-order valence-electron chi connectivity index (χ2n) is 8.71. The van der Waals surface area contributed by atoms with E-state index in [1.54, 1.807) is 6.92 Å². The van der Waals surface area contributed by atoms with Gasteiger partial charge in [-0.1, -0.05) is 129 Å². The van der Waals surface area contributed by atoms with Crippen LogP contribution in [-0.4, -0.2) is 42.3 Å². The molecule has 34 heavy (non-hydrogen) atoms. The van der Waals surface area contributed by atoms with Crippen LogP contribution in [0.15, 0.2) is 0 Å². The molecule has 0 radical (unpaired) electrons. The smallest absolute Gasteiger partial charge is 0.394 e. The Morgan fingerprint density at radius 3 is 0.765 bits per heavy atom. The van der Waals surface area contributed by atoms with E-state index in [9.17, 15) is 0 Å². The lowest BCUT2D eigenvalue weighted by atomic mass is 10.1. The molecule has 0 aliphatic carbocycles. The Hall–Kier alpha value is -0.250. The van der Waals surface area contributed by atoms with Gasteiger partial charge in [0.25, 0.3) is 0 Å². The molecule has 7 N–H and O–H groups in total. The maximum atomic E-state index is 8.74. The molecule has 212 valence electrons. The summed E-state index contributed by atoms with van der Waals surface area (Å²) in [6.45, 7) is 8.21. The standard InChI is InChI=1S/2C12H27N.C2H6O.H2O4S/c2*1-2-3-4-5-6-7-8-9-10-11-12-13;1-2-3;1-5(2,3)4/h2*2-13H2,1H3;3H,2H2,1H3;(H2,1,2,3,4). The molecule has 0 atom stereocenters. The maximum Gasteiger partial charge on any atom is 0.394 e. The van der Waals surface area contributed by atoms with Crippen LogP contribution in [0.5, 0.6) is 0 Å². The van der Waals surface area contributed by atoms with Gasteiger partial charge in [0.2, 0.25) is 0 Å². The van der Waals surface area contributed by atoms with E-state index >= 15 is 0 Å². The number of rotatable bonds is 20. The summed E-state index contributed by atoms with van der Waals surface area (Å²) < 4.78 is 31.6. The van der Waals surface area contributed by atoms with Gasteiger partial charge < -0.3 is 16.6 Å². The summed E-state index contributed by atoms with van der Waals surface area (Å²) in [6.07, 6.45) is 27.9. The maximum absolute atomic E-state index is 8.74. The van der Waals surface area contributed by atoms with Crippen LogP contribution in [0.25, 0.3) is 0 Å². The zero-order valence-corrected chi connectivity index (χ0v) is 23.8. The van der Waals surface area contributed by atoms with Crippen LogP contribution in [0.3, 0.4) is 0 Å². The highest BCUT2D eigenvalue weighted by molar-refractivity contribution is 7.79. The third kappa shape index (κ3) is 77.0. The molecule has 0 bridgehead atoms. The van der Waals surface area contributed by atoms with Crippen molar-refractivity contribution in [3.8, 4) is 0 Å². The van der Waals surface area contributed by atoms with Crippen molar-refractivity contribution < 1.29 is 22.6 Å². The minimum absolute atomic E-state index is 0.250. The summed E-state index contributed by atoms with van der Waals surface area (Å²) in [5, 5.41) is 7.57. The Kier molecular flexibility index (Phi) is 48.0. The van der Waals surface area contributed by atoms with Crippen LogP contribution >= 0.6 is 0 Å². The van der Waals surface area contributed by atoms with Gasteiger partial charge in [-0.2, -0.15) is 8.42 Å². The predicted molar refractivity (Wildman–Crippen MR) is 149 cm³/mol. The third-order valence-corrected chi connectivity index (χ3v) is 5.12. The van der Waals surface area contributed by atoms with E-state index in [1.807, 2.05) is 0 Å². The summed E-state index contributed by atoms with van der Waals surface area (Å²) in [4.78, 5) is 0. The lowest BCUT2D eigenvalue weighted by molar-refractivity contribution is 0.318. The van der Waals surface area contributed by atoms with Crippen molar-refractivity contribution in [1.82, 2.24) is 0 Å². The summed E-state index contributed by atoms with van der Waals surface area (Å²) in [6, 6.07) is 0. The Labute approximate surface area is 213 Å². The molecular formula is C26H62N2O5S. The first-order chi connectivity index (χ1) is 16.2. The van der Waals surface area contributed by atoms with Crippen LogP contribution < -0.4 is 11.5 Å². The van der Waals surface area contributed by atoms with E-state index in [-0.39, 0.29) is 6.61 Å². The molecular weight excluding hydrogens is 452 g/mol. The van der Waals surface area contributed by atoms with Gasteiger partial charge in [0, 0.05) is 6.61 Å². The average Bonchev–Trinajstić information content (AvgIpc) is 2.77. The van der Waals surface area contributed by atoms with Gasteiger partial charge >= 0.3 is 10.4 Å². The molecule has 0 aromatic heterocycles. The van der Waals surface area contributed by atoms with E-state index in [0.29, 0.717) is 0 Å².